The average Bonchev–Trinajstić information content (AvgIpc) is 3.29. The smallest absolute Gasteiger partial charge is 0.266 e. The van der Waals surface area contributed by atoms with E-state index in [2.05, 4.69) is 5.32 Å². The summed E-state index contributed by atoms with van der Waals surface area (Å²) in [5.41, 5.74) is 5.84. The number of anilines is 1. The number of nitrogens with one attached hydrogen (secondary N) is 1. The van der Waals surface area contributed by atoms with Crippen LogP contribution in [0, 0.1) is 25.2 Å². The molecule has 0 aliphatic rings. The number of ether oxygens (including phenoxy) is 1. The third-order valence-corrected chi connectivity index (χ3v) is 5.56. The van der Waals surface area contributed by atoms with Gasteiger partial charge in [-0.25, -0.2) is 4.68 Å². The fourth-order valence-corrected chi connectivity index (χ4v) is 3.50. The monoisotopic (exact) mass is 448 g/mol. The Bertz CT molecular complexity index is 1390. The van der Waals surface area contributed by atoms with Crippen LogP contribution in [0.25, 0.3) is 23.0 Å². The average molecular weight is 449 g/mol. The van der Waals surface area contributed by atoms with Crippen molar-refractivity contribution in [2.45, 2.75) is 13.8 Å². The van der Waals surface area contributed by atoms with Crippen molar-refractivity contribution in [1.29, 1.82) is 5.26 Å². The van der Waals surface area contributed by atoms with Crippen molar-refractivity contribution in [3.05, 3.63) is 101 Å². The molecule has 0 bridgehead atoms. The van der Waals surface area contributed by atoms with E-state index in [1.54, 1.807) is 17.9 Å². The van der Waals surface area contributed by atoms with Gasteiger partial charge in [-0.1, -0.05) is 24.3 Å². The molecule has 1 aromatic heterocycles. The molecule has 0 fully saturated rings. The van der Waals surface area contributed by atoms with E-state index in [0.717, 1.165) is 28.1 Å². The molecule has 4 aromatic rings. The molecule has 168 valence electrons. The lowest BCUT2D eigenvalue weighted by atomic mass is 10.1. The molecular weight excluding hydrogens is 424 g/mol. The van der Waals surface area contributed by atoms with E-state index in [1.165, 1.54) is 0 Å². The Labute approximate surface area is 198 Å². The maximum absolute atomic E-state index is 12.9. The third-order valence-electron chi connectivity index (χ3n) is 5.56. The number of nitrogens with zero attached hydrogens (tertiary/aromatic N) is 3. The topological polar surface area (TPSA) is 79.9 Å². The van der Waals surface area contributed by atoms with Crippen molar-refractivity contribution in [2.24, 2.45) is 0 Å². The van der Waals surface area contributed by atoms with Gasteiger partial charge in [0.1, 0.15) is 17.4 Å². The highest BCUT2D eigenvalue weighted by atomic mass is 16.5. The summed E-state index contributed by atoms with van der Waals surface area (Å²) >= 11 is 0. The Morgan fingerprint density at radius 2 is 1.76 bits per heavy atom. The fraction of sp³-hybridized carbons (Fsp3) is 0.107. The quantitative estimate of drug-likeness (QED) is 0.303. The SMILES string of the molecule is COc1ccc(-c2nn(-c3ccccc3)cc2C=C(C#N)C(=O)Nc2ccc(C)c(C)c2)cc1. The van der Waals surface area contributed by atoms with Crippen molar-refractivity contribution >= 4 is 17.7 Å². The predicted molar refractivity (Wildman–Crippen MR) is 134 cm³/mol. The minimum Gasteiger partial charge on any atom is -0.497 e. The zero-order valence-electron chi connectivity index (χ0n) is 19.2. The van der Waals surface area contributed by atoms with Crippen molar-refractivity contribution in [3.8, 4) is 28.8 Å². The summed E-state index contributed by atoms with van der Waals surface area (Å²) in [5.74, 6) is 0.257. The predicted octanol–water partition coefficient (Wildman–Crippen LogP) is 5.71. The lowest BCUT2D eigenvalue weighted by Crippen LogP contribution is -2.13. The van der Waals surface area contributed by atoms with Gasteiger partial charge in [0.25, 0.3) is 5.91 Å². The van der Waals surface area contributed by atoms with Crippen molar-refractivity contribution in [2.75, 3.05) is 12.4 Å². The van der Waals surface area contributed by atoms with Crippen molar-refractivity contribution in [3.63, 3.8) is 0 Å². The summed E-state index contributed by atoms with van der Waals surface area (Å²) in [7, 11) is 1.61. The van der Waals surface area contributed by atoms with Crippen LogP contribution in [0.3, 0.4) is 0 Å². The summed E-state index contributed by atoms with van der Waals surface area (Å²) in [6, 6.07) is 24.8. The number of para-hydroxylation sites is 1. The van der Waals surface area contributed by atoms with Gasteiger partial charge in [0.2, 0.25) is 0 Å². The number of hydrogen-bond acceptors (Lipinski definition) is 4. The number of nitriles is 1. The molecule has 6 nitrogen and oxygen atoms in total. The van der Waals surface area contributed by atoms with Crippen molar-refractivity contribution < 1.29 is 9.53 Å². The van der Waals surface area contributed by atoms with E-state index in [9.17, 15) is 10.1 Å². The van der Waals surface area contributed by atoms with Gasteiger partial charge >= 0.3 is 0 Å². The molecule has 0 spiro atoms. The molecular formula is C28H24N4O2. The second-order valence-corrected chi connectivity index (χ2v) is 7.86. The van der Waals surface area contributed by atoms with Crippen LogP contribution in [-0.4, -0.2) is 22.8 Å². The lowest BCUT2D eigenvalue weighted by molar-refractivity contribution is -0.112. The Hall–Kier alpha value is -4.63. The molecule has 1 heterocycles. The number of hydrogen-bond donors (Lipinski definition) is 1. The zero-order valence-corrected chi connectivity index (χ0v) is 19.2. The Kier molecular flexibility index (Phi) is 6.56. The van der Waals surface area contributed by atoms with Crippen LogP contribution in [0.15, 0.2) is 84.6 Å². The van der Waals surface area contributed by atoms with E-state index in [4.69, 9.17) is 9.84 Å². The van der Waals surface area contributed by atoms with Gasteiger partial charge in [0.05, 0.1) is 18.5 Å². The second kappa shape index (κ2) is 9.88. The zero-order chi connectivity index (χ0) is 24.1. The summed E-state index contributed by atoms with van der Waals surface area (Å²) in [6.07, 6.45) is 3.39. The number of amides is 1. The van der Waals surface area contributed by atoms with E-state index >= 15 is 0 Å². The summed E-state index contributed by atoms with van der Waals surface area (Å²) in [4.78, 5) is 12.9. The van der Waals surface area contributed by atoms with Crippen LogP contribution in [0.5, 0.6) is 5.75 Å². The second-order valence-electron chi connectivity index (χ2n) is 7.86. The molecule has 0 saturated carbocycles. The van der Waals surface area contributed by atoms with Crippen LogP contribution in [0.4, 0.5) is 5.69 Å². The van der Waals surface area contributed by atoms with E-state index < -0.39 is 5.91 Å². The Morgan fingerprint density at radius 1 is 1.03 bits per heavy atom. The third kappa shape index (κ3) is 4.89. The molecule has 3 aromatic carbocycles. The fourth-order valence-electron chi connectivity index (χ4n) is 3.50. The number of aromatic nitrogens is 2. The minimum atomic E-state index is -0.473. The molecule has 0 atom stereocenters. The number of benzene rings is 3. The van der Waals surface area contributed by atoms with Gasteiger partial charge in [-0.05, 0) is 79.6 Å². The molecule has 0 saturated heterocycles. The molecule has 1 amide bonds. The number of rotatable bonds is 6. The molecule has 6 heteroatoms. The lowest BCUT2D eigenvalue weighted by Gasteiger charge is -2.07. The van der Waals surface area contributed by atoms with Crippen molar-refractivity contribution in [1.82, 2.24) is 9.78 Å². The first-order valence-electron chi connectivity index (χ1n) is 10.8. The number of carbonyl (C=O) groups is 1. The van der Waals surface area contributed by atoms with Gasteiger partial charge < -0.3 is 10.1 Å². The standard InChI is InChI=1S/C28H24N4O2/c1-19-9-12-24(15-20(19)2)30-28(33)22(17-29)16-23-18-32(25-7-5-4-6-8-25)31-27(23)21-10-13-26(34-3)14-11-21/h4-16,18H,1-3H3,(H,30,33). The van der Waals surface area contributed by atoms with Crippen LogP contribution >= 0.6 is 0 Å². The summed E-state index contributed by atoms with van der Waals surface area (Å²) in [5, 5.41) is 17.3. The van der Waals surface area contributed by atoms with Gasteiger partial charge in [-0.2, -0.15) is 10.4 Å². The van der Waals surface area contributed by atoms with E-state index in [1.807, 2.05) is 98.9 Å². The van der Waals surface area contributed by atoms with E-state index in [0.29, 0.717) is 16.9 Å². The number of methoxy groups -OCH3 is 1. The molecule has 0 unspecified atom stereocenters. The molecule has 0 aliphatic heterocycles. The number of carbonyl (C=O) groups excluding carboxylic acids is 1. The molecule has 4 rings (SSSR count). The van der Waals surface area contributed by atoms with Crippen LogP contribution in [0.2, 0.25) is 0 Å². The first-order valence-corrected chi connectivity index (χ1v) is 10.8. The molecule has 0 radical (unpaired) electrons. The number of aryl methyl sites for hydroxylation is 2. The Morgan fingerprint density at radius 3 is 2.41 bits per heavy atom. The highest BCUT2D eigenvalue weighted by Crippen LogP contribution is 2.28. The summed E-state index contributed by atoms with van der Waals surface area (Å²) in [6.45, 7) is 3.98. The minimum absolute atomic E-state index is 0.0133. The normalized spacial score (nSPS) is 11.1. The van der Waals surface area contributed by atoms with Gasteiger partial charge in [-0.15, -0.1) is 0 Å². The first kappa shape index (κ1) is 22.6. The van der Waals surface area contributed by atoms with Crippen LogP contribution in [-0.2, 0) is 4.79 Å². The molecule has 1 N–H and O–H groups in total. The highest BCUT2D eigenvalue weighted by Gasteiger charge is 2.16. The van der Waals surface area contributed by atoms with Crippen LogP contribution in [0.1, 0.15) is 16.7 Å². The van der Waals surface area contributed by atoms with E-state index in [-0.39, 0.29) is 5.57 Å². The van der Waals surface area contributed by atoms with Crippen LogP contribution < -0.4 is 10.1 Å². The van der Waals surface area contributed by atoms with Gasteiger partial charge in [-0.3, -0.25) is 4.79 Å². The molecule has 34 heavy (non-hydrogen) atoms. The maximum atomic E-state index is 12.9. The molecule has 0 aliphatic carbocycles. The first-order chi connectivity index (χ1) is 16.5. The Balaban J connectivity index is 1.74. The maximum Gasteiger partial charge on any atom is 0.266 e. The largest absolute Gasteiger partial charge is 0.497 e. The highest BCUT2D eigenvalue weighted by molar-refractivity contribution is 6.10. The summed E-state index contributed by atoms with van der Waals surface area (Å²) < 4.78 is 7.00. The van der Waals surface area contributed by atoms with Gasteiger partial charge in [0, 0.05) is 23.0 Å². The van der Waals surface area contributed by atoms with Gasteiger partial charge in [0.15, 0.2) is 0 Å².